The maximum atomic E-state index is 11.8. The van der Waals surface area contributed by atoms with Gasteiger partial charge in [-0.25, -0.2) is 0 Å². The Labute approximate surface area is 143 Å². The topological polar surface area (TPSA) is 67.4 Å². The zero-order valence-corrected chi connectivity index (χ0v) is 14.2. The van der Waals surface area contributed by atoms with Gasteiger partial charge in [0, 0.05) is 16.7 Å². The van der Waals surface area contributed by atoms with Crippen LogP contribution in [0.3, 0.4) is 0 Å². The molecular weight excluding hydrogens is 360 g/mol. The lowest BCUT2D eigenvalue weighted by atomic mass is 10.1. The van der Waals surface area contributed by atoms with Gasteiger partial charge in [0.1, 0.15) is 5.75 Å². The molecule has 2 N–H and O–H groups in total. The lowest BCUT2D eigenvalue weighted by Gasteiger charge is -2.07. The van der Waals surface area contributed by atoms with Crippen molar-refractivity contribution in [3.63, 3.8) is 0 Å². The molecule has 0 radical (unpaired) electrons. The van der Waals surface area contributed by atoms with E-state index in [1.54, 1.807) is 25.3 Å². The maximum absolute atomic E-state index is 11.8. The van der Waals surface area contributed by atoms with Gasteiger partial charge in [-0.05, 0) is 42.3 Å². The second-order valence-corrected chi connectivity index (χ2v) is 5.73. The first-order chi connectivity index (χ1) is 11.1. The largest absolute Gasteiger partial charge is 0.497 e. The predicted octanol–water partition coefficient (Wildman–Crippen LogP) is 2.76. The Morgan fingerprint density at radius 1 is 1.09 bits per heavy atom. The molecule has 0 bridgehead atoms. The summed E-state index contributed by atoms with van der Waals surface area (Å²) in [5.41, 5.74) is 1.62. The molecule has 23 heavy (non-hydrogen) atoms. The van der Waals surface area contributed by atoms with Gasteiger partial charge < -0.3 is 15.4 Å². The summed E-state index contributed by atoms with van der Waals surface area (Å²) in [6.45, 7) is 0.386. The highest BCUT2D eigenvalue weighted by Gasteiger charge is 2.13. The molecule has 2 aromatic rings. The second-order valence-electron chi connectivity index (χ2n) is 4.82. The Morgan fingerprint density at radius 2 is 1.83 bits per heavy atom. The molecule has 120 valence electrons. The van der Waals surface area contributed by atoms with E-state index in [4.69, 9.17) is 4.74 Å². The third-order valence-corrected chi connectivity index (χ3v) is 3.64. The van der Waals surface area contributed by atoms with E-state index in [0.29, 0.717) is 18.7 Å². The van der Waals surface area contributed by atoms with Crippen LogP contribution in [-0.2, 0) is 16.0 Å². The molecule has 0 fully saturated rings. The fraction of sp³-hybridized carbons (Fsp3) is 0.176. The standard InChI is InChI=1S/C17H17BrN2O3/c1-23-15-7-5-12(6-8-15)9-10-19-16(21)17(22)20-14-4-2-3-13(18)11-14/h2-8,11H,9-10H2,1H3,(H,19,21)(H,20,22). The minimum absolute atomic E-state index is 0.386. The summed E-state index contributed by atoms with van der Waals surface area (Å²) >= 11 is 3.31. The summed E-state index contributed by atoms with van der Waals surface area (Å²) in [7, 11) is 1.61. The van der Waals surface area contributed by atoms with Crippen molar-refractivity contribution in [1.82, 2.24) is 5.32 Å². The van der Waals surface area contributed by atoms with E-state index in [1.165, 1.54) is 0 Å². The first-order valence-electron chi connectivity index (χ1n) is 7.06. The number of ether oxygens (including phenoxy) is 1. The van der Waals surface area contributed by atoms with E-state index in [1.807, 2.05) is 30.3 Å². The van der Waals surface area contributed by atoms with Crippen LogP contribution in [-0.4, -0.2) is 25.5 Å². The number of benzene rings is 2. The van der Waals surface area contributed by atoms with E-state index < -0.39 is 11.8 Å². The fourth-order valence-electron chi connectivity index (χ4n) is 1.95. The predicted molar refractivity (Wildman–Crippen MR) is 92.5 cm³/mol. The number of halogens is 1. The van der Waals surface area contributed by atoms with Gasteiger partial charge in [-0.2, -0.15) is 0 Å². The van der Waals surface area contributed by atoms with Gasteiger partial charge in [0.2, 0.25) is 0 Å². The van der Waals surface area contributed by atoms with E-state index in [2.05, 4.69) is 26.6 Å². The molecule has 0 atom stereocenters. The lowest BCUT2D eigenvalue weighted by molar-refractivity contribution is -0.136. The number of hydrogen-bond acceptors (Lipinski definition) is 3. The van der Waals surface area contributed by atoms with Crippen molar-refractivity contribution >= 4 is 33.4 Å². The number of methoxy groups -OCH3 is 1. The Bertz CT molecular complexity index is 686. The average Bonchev–Trinajstić information content (AvgIpc) is 2.55. The van der Waals surface area contributed by atoms with Gasteiger partial charge >= 0.3 is 11.8 Å². The molecule has 5 nitrogen and oxygen atoms in total. The molecule has 0 spiro atoms. The Balaban J connectivity index is 1.78. The van der Waals surface area contributed by atoms with Crippen LogP contribution in [0, 0.1) is 0 Å². The zero-order chi connectivity index (χ0) is 16.7. The molecule has 0 unspecified atom stereocenters. The van der Waals surface area contributed by atoms with Gasteiger partial charge in [0.15, 0.2) is 0 Å². The van der Waals surface area contributed by atoms with Crippen molar-refractivity contribution < 1.29 is 14.3 Å². The third-order valence-electron chi connectivity index (χ3n) is 3.15. The number of nitrogens with one attached hydrogen (secondary N) is 2. The summed E-state index contributed by atoms with van der Waals surface area (Å²) < 4.78 is 5.91. The molecule has 2 rings (SSSR count). The number of hydrogen-bond donors (Lipinski definition) is 2. The molecular formula is C17H17BrN2O3. The van der Waals surface area contributed by atoms with Crippen LogP contribution < -0.4 is 15.4 Å². The SMILES string of the molecule is COc1ccc(CCNC(=O)C(=O)Nc2cccc(Br)c2)cc1. The number of carbonyl (C=O) groups is 2. The maximum Gasteiger partial charge on any atom is 0.313 e. The van der Waals surface area contributed by atoms with Gasteiger partial charge in [-0.1, -0.05) is 34.1 Å². The molecule has 0 saturated carbocycles. The van der Waals surface area contributed by atoms with Crippen LogP contribution in [0.1, 0.15) is 5.56 Å². The van der Waals surface area contributed by atoms with Crippen molar-refractivity contribution in [3.05, 3.63) is 58.6 Å². The quantitative estimate of drug-likeness (QED) is 0.788. The van der Waals surface area contributed by atoms with Crippen LogP contribution >= 0.6 is 15.9 Å². The molecule has 0 aliphatic heterocycles. The summed E-state index contributed by atoms with van der Waals surface area (Å²) in [5, 5.41) is 5.15. The van der Waals surface area contributed by atoms with Crippen molar-refractivity contribution in [3.8, 4) is 5.75 Å². The van der Waals surface area contributed by atoms with E-state index in [0.717, 1.165) is 15.8 Å². The Hall–Kier alpha value is -2.34. The molecule has 0 aromatic heterocycles. The molecule has 2 aromatic carbocycles. The zero-order valence-electron chi connectivity index (χ0n) is 12.6. The molecule has 0 aliphatic rings. The number of carbonyl (C=O) groups excluding carboxylic acids is 2. The molecule has 0 heterocycles. The Kier molecular flexibility index (Phi) is 6.17. The first kappa shape index (κ1) is 17.0. The van der Waals surface area contributed by atoms with Crippen molar-refractivity contribution in [1.29, 1.82) is 0 Å². The monoisotopic (exact) mass is 376 g/mol. The second kappa shape index (κ2) is 8.33. The lowest BCUT2D eigenvalue weighted by Crippen LogP contribution is -2.36. The fourth-order valence-corrected chi connectivity index (χ4v) is 2.35. The summed E-state index contributed by atoms with van der Waals surface area (Å²) in [5.74, 6) is -0.553. The van der Waals surface area contributed by atoms with Crippen molar-refractivity contribution in [2.45, 2.75) is 6.42 Å². The van der Waals surface area contributed by atoms with Crippen LogP contribution in [0.15, 0.2) is 53.0 Å². The van der Waals surface area contributed by atoms with Crippen LogP contribution in [0.4, 0.5) is 5.69 Å². The van der Waals surface area contributed by atoms with Gasteiger partial charge in [0.25, 0.3) is 0 Å². The van der Waals surface area contributed by atoms with Crippen molar-refractivity contribution in [2.75, 3.05) is 19.0 Å². The highest BCUT2D eigenvalue weighted by atomic mass is 79.9. The number of amides is 2. The van der Waals surface area contributed by atoms with Crippen LogP contribution in [0.25, 0.3) is 0 Å². The van der Waals surface area contributed by atoms with E-state index in [-0.39, 0.29) is 0 Å². The van der Waals surface area contributed by atoms with Crippen LogP contribution in [0.2, 0.25) is 0 Å². The molecule has 0 saturated heterocycles. The van der Waals surface area contributed by atoms with E-state index in [9.17, 15) is 9.59 Å². The van der Waals surface area contributed by atoms with Crippen LogP contribution in [0.5, 0.6) is 5.75 Å². The van der Waals surface area contributed by atoms with Crippen molar-refractivity contribution in [2.24, 2.45) is 0 Å². The summed E-state index contributed by atoms with van der Waals surface area (Å²) in [4.78, 5) is 23.6. The number of anilines is 1. The first-order valence-corrected chi connectivity index (χ1v) is 7.85. The molecule has 2 amide bonds. The smallest absolute Gasteiger partial charge is 0.313 e. The summed E-state index contributed by atoms with van der Waals surface area (Å²) in [6, 6.07) is 14.6. The minimum atomic E-state index is -0.683. The van der Waals surface area contributed by atoms with Gasteiger partial charge in [-0.3, -0.25) is 9.59 Å². The summed E-state index contributed by atoms with van der Waals surface area (Å²) in [6.07, 6.45) is 0.639. The third kappa shape index (κ3) is 5.41. The number of rotatable bonds is 5. The van der Waals surface area contributed by atoms with Gasteiger partial charge in [0.05, 0.1) is 7.11 Å². The average molecular weight is 377 g/mol. The highest BCUT2D eigenvalue weighted by Crippen LogP contribution is 2.15. The minimum Gasteiger partial charge on any atom is -0.497 e. The van der Waals surface area contributed by atoms with Gasteiger partial charge in [-0.15, -0.1) is 0 Å². The molecule has 6 heteroatoms. The van der Waals surface area contributed by atoms with E-state index >= 15 is 0 Å². The normalized spacial score (nSPS) is 10.0. The molecule has 0 aliphatic carbocycles. The Morgan fingerprint density at radius 3 is 2.48 bits per heavy atom. The highest BCUT2D eigenvalue weighted by molar-refractivity contribution is 9.10.